The third kappa shape index (κ3) is 5.85. The molecule has 1 heterocycles. The second-order valence-corrected chi connectivity index (χ2v) is 8.40. The van der Waals surface area contributed by atoms with Gasteiger partial charge in [-0.25, -0.2) is 0 Å². The van der Waals surface area contributed by atoms with E-state index in [0.717, 1.165) is 33.8 Å². The molecule has 0 saturated carbocycles. The van der Waals surface area contributed by atoms with E-state index in [9.17, 15) is 9.59 Å². The van der Waals surface area contributed by atoms with E-state index in [2.05, 4.69) is 27.4 Å². The second-order valence-electron chi connectivity index (χ2n) is 7.46. The molecule has 7 nitrogen and oxygen atoms in total. The van der Waals surface area contributed by atoms with Crippen molar-refractivity contribution in [1.82, 2.24) is 20.1 Å². The SMILES string of the molecule is C=CCn1c(SCC(=O)NCC(=O)Nc2c(C)cc(C)cc2C)nnc1-c1ccccc1. The van der Waals surface area contributed by atoms with E-state index in [0.29, 0.717) is 11.7 Å². The van der Waals surface area contributed by atoms with E-state index < -0.39 is 0 Å². The van der Waals surface area contributed by atoms with Crippen LogP contribution >= 0.6 is 11.8 Å². The highest BCUT2D eigenvalue weighted by Crippen LogP contribution is 2.24. The number of nitrogens with one attached hydrogen (secondary N) is 2. The lowest BCUT2D eigenvalue weighted by molar-refractivity contribution is -0.122. The smallest absolute Gasteiger partial charge is 0.243 e. The molecule has 2 aromatic carbocycles. The van der Waals surface area contributed by atoms with Crippen molar-refractivity contribution in [3.63, 3.8) is 0 Å². The number of hydrogen-bond donors (Lipinski definition) is 2. The minimum atomic E-state index is -0.264. The van der Waals surface area contributed by atoms with E-state index in [1.165, 1.54) is 11.8 Å². The number of carbonyl (C=O) groups excluding carboxylic acids is 2. The molecule has 166 valence electrons. The lowest BCUT2D eigenvalue weighted by atomic mass is 10.1. The molecule has 0 aliphatic carbocycles. The summed E-state index contributed by atoms with van der Waals surface area (Å²) in [6, 6.07) is 13.8. The fraction of sp³-hybridized carbons (Fsp3) is 0.250. The molecular formula is C24H27N5O2S. The van der Waals surface area contributed by atoms with Crippen molar-refractivity contribution in [3.8, 4) is 11.4 Å². The summed E-state index contributed by atoms with van der Waals surface area (Å²) in [7, 11) is 0. The van der Waals surface area contributed by atoms with Crippen molar-refractivity contribution in [2.75, 3.05) is 17.6 Å². The zero-order chi connectivity index (χ0) is 23.1. The van der Waals surface area contributed by atoms with E-state index in [-0.39, 0.29) is 24.1 Å². The van der Waals surface area contributed by atoms with Crippen molar-refractivity contribution in [3.05, 3.63) is 71.8 Å². The molecule has 0 spiro atoms. The summed E-state index contributed by atoms with van der Waals surface area (Å²) in [5.41, 5.74) is 4.86. The van der Waals surface area contributed by atoms with E-state index in [1.807, 2.05) is 67.8 Å². The van der Waals surface area contributed by atoms with E-state index in [4.69, 9.17) is 0 Å². The molecule has 1 aromatic heterocycles. The van der Waals surface area contributed by atoms with Crippen LogP contribution in [0.15, 0.2) is 60.3 Å². The van der Waals surface area contributed by atoms with E-state index >= 15 is 0 Å². The highest BCUT2D eigenvalue weighted by atomic mass is 32.2. The van der Waals surface area contributed by atoms with Crippen molar-refractivity contribution in [1.29, 1.82) is 0 Å². The summed E-state index contributed by atoms with van der Waals surface area (Å²) in [4.78, 5) is 24.6. The van der Waals surface area contributed by atoms with Gasteiger partial charge in [0, 0.05) is 17.8 Å². The molecule has 0 aliphatic rings. The van der Waals surface area contributed by atoms with Crippen LogP contribution in [0.2, 0.25) is 0 Å². The molecule has 3 aromatic rings. The number of anilines is 1. The monoisotopic (exact) mass is 449 g/mol. The number of amides is 2. The van der Waals surface area contributed by atoms with Gasteiger partial charge >= 0.3 is 0 Å². The Balaban J connectivity index is 1.56. The number of carbonyl (C=O) groups is 2. The molecular weight excluding hydrogens is 422 g/mol. The van der Waals surface area contributed by atoms with Crippen molar-refractivity contribution in [2.45, 2.75) is 32.5 Å². The van der Waals surface area contributed by atoms with Crippen LogP contribution in [0.4, 0.5) is 5.69 Å². The molecule has 2 amide bonds. The van der Waals surface area contributed by atoms with Crippen molar-refractivity contribution >= 4 is 29.3 Å². The summed E-state index contributed by atoms with van der Waals surface area (Å²) in [5.74, 6) is 0.327. The zero-order valence-corrected chi connectivity index (χ0v) is 19.3. The quantitative estimate of drug-likeness (QED) is 0.382. The third-order valence-electron chi connectivity index (χ3n) is 4.78. The minimum absolute atomic E-state index is 0.0965. The largest absolute Gasteiger partial charge is 0.346 e. The summed E-state index contributed by atoms with van der Waals surface area (Å²) in [5, 5.41) is 14.7. The maximum atomic E-state index is 12.3. The molecule has 0 saturated heterocycles. The summed E-state index contributed by atoms with van der Waals surface area (Å²) < 4.78 is 1.91. The normalized spacial score (nSPS) is 10.6. The van der Waals surface area contributed by atoms with Crippen LogP contribution in [-0.2, 0) is 16.1 Å². The topological polar surface area (TPSA) is 88.9 Å². The second kappa shape index (κ2) is 10.8. The van der Waals surface area contributed by atoms with Crippen LogP contribution in [0.5, 0.6) is 0 Å². The predicted molar refractivity (Wildman–Crippen MR) is 129 cm³/mol. The van der Waals surface area contributed by atoms with E-state index in [1.54, 1.807) is 6.08 Å². The number of hydrogen-bond acceptors (Lipinski definition) is 5. The number of allylic oxidation sites excluding steroid dienone is 1. The molecule has 0 radical (unpaired) electrons. The first-order valence-electron chi connectivity index (χ1n) is 10.3. The predicted octanol–water partition coefficient (Wildman–Crippen LogP) is 3.90. The summed E-state index contributed by atoms with van der Waals surface area (Å²) in [6.45, 7) is 10.1. The molecule has 0 bridgehead atoms. The maximum Gasteiger partial charge on any atom is 0.243 e. The molecule has 0 aliphatic heterocycles. The lowest BCUT2D eigenvalue weighted by Gasteiger charge is -2.13. The van der Waals surface area contributed by atoms with Crippen LogP contribution < -0.4 is 10.6 Å². The Morgan fingerprint density at radius 1 is 1.06 bits per heavy atom. The number of thioether (sulfide) groups is 1. The van der Waals surface area contributed by atoms with Gasteiger partial charge in [0.1, 0.15) is 0 Å². The van der Waals surface area contributed by atoms with Crippen LogP contribution in [0, 0.1) is 20.8 Å². The van der Waals surface area contributed by atoms with Gasteiger partial charge in [0.15, 0.2) is 11.0 Å². The average molecular weight is 450 g/mol. The van der Waals surface area contributed by atoms with Crippen LogP contribution in [0.3, 0.4) is 0 Å². The highest BCUT2D eigenvalue weighted by molar-refractivity contribution is 7.99. The molecule has 2 N–H and O–H groups in total. The van der Waals surface area contributed by atoms with Gasteiger partial charge in [-0.1, -0.05) is 65.9 Å². The third-order valence-corrected chi connectivity index (χ3v) is 5.75. The van der Waals surface area contributed by atoms with Crippen LogP contribution in [0.25, 0.3) is 11.4 Å². The first-order valence-corrected chi connectivity index (χ1v) is 11.2. The van der Waals surface area contributed by atoms with Gasteiger partial charge in [-0.2, -0.15) is 0 Å². The van der Waals surface area contributed by atoms with Crippen molar-refractivity contribution < 1.29 is 9.59 Å². The number of aromatic nitrogens is 3. The Labute approximate surface area is 192 Å². The average Bonchev–Trinajstić information content (AvgIpc) is 3.16. The Morgan fingerprint density at radius 3 is 2.41 bits per heavy atom. The Bertz CT molecular complexity index is 1100. The molecule has 32 heavy (non-hydrogen) atoms. The zero-order valence-electron chi connectivity index (χ0n) is 18.5. The van der Waals surface area contributed by atoms with Gasteiger partial charge in [-0.3, -0.25) is 14.2 Å². The number of rotatable bonds is 9. The molecule has 0 fully saturated rings. The first-order chi connectivity index (χ1) is 15.4. The van der Waals surface area contributed by atoms with Gasteiger partial charge in [-0.15, -0.1) is 16.8 Å². The summed E-state index contributed by atoms with van der Waals surface area (Å²) in [6.07, 6.45) is 1.76. The number of benzene rings is 2. The Kier molecular flexibility index (Phi) is 7.83. The Morgan fingerprint density at radius 2 is 1.75 bits per heavy atom. The summed E-state index contributed by atoms with van der Waals surface area (Å²) >= 11 is 1.27. The molecule has 3 rings (SSSR count). The van der Waals surface area contributed by atoms with Gasteiger partial charge in [0.2, 0.25) is 11.8 Å². The Hall–Kier alpha value is -3.39. The fourth-order valence-corrected chi connectivity index (χ4v) is 4.19. The number of aryl methyl sites for hydroxylation is 3. The lowest BCUT2D eigenvalue weighted by Crippen LogP contribution is -2.34. The minimum Gasteiger partial charge on any atom is -0.346 e. The molecule has 0 unspecified atom stereocenters. The highest BCUT2D eigenvalue weighted by Gasteiger charge is 2.15. The van der Waals surface area contributed by atoms with Crippen LogP contribution in [-0.4, -0.2) is 38.9 Å². The first kappa shape index (κ1) is 23.3. The number of nitrogens with zero attached hydrogens (tertiary/aromatic N) is 3. The standard InChI is InChI=1S/C24H27N5O2S/c1-5-11-29-23(19-9-7-6-8-10-19)27-28-24(29)32-15-21(31)25-14-20(30)26-22-17(3)12-16(2)13-18(22)4/h5-10,12-13H,1,11,14-15H2,2-4H3,(H,25,31)(H,26,30). The maximum absolute atomic E-state index is 12.3. The van der Waals surface area contributed by atoms with Gasteiger partial charge in [0.25, 0.3) is 0 Å². The van der Waals surface area contributed by atoms with Gasteiger partial charge in [0.05, 0.1) is 12.3 Å². The van der Waals surface area contributed by atoms with Gasteiger partial charge in [-0.05, 0) is 31.9 Å². The molecule has 8 heteroatoms. The van der Waals surface area contributed by atoms with Gasteiger partial charge < -0.3 is 10.6 Å². The molecule has 0 atom stereocenters. The van der Waals surface area contributed by atoms with Crippen LogP contribution in [0.1, 0.15) is 16.7 Å². The fourth-order valence-electron chi connectivity index (χ4n) is 3.41. The van der Waals surface area contributed by atoms with Crippen molar-refractivity contribution in [2.24, 2.45) is 0 Å².